The summed E-state index contributed by atoms with van der Waals surface area (Å²) >= 11 is 1.64. The van der Waals surface area contributed by atoms with Gasteiger partial charge in [-0.1, -0.05) is 18.2 Å². The van der Waals surface area contributed by atoms with E-state index in [0.717, 1.165) is 17.1 Å². The zero-order valence-corrected chi connectivity index (χ0v) is 13.6. The molecule has 1 aromatic carbocycles. The Morgan fingerprint density at radius 3 is 2.95 bits per heavy atom. The number of amides is 2. The van der Waals surface area contributed by atoms with Crippen LogP contribution in [0.25, 0.3) is 0 Å². The van der Waals surface area contributed by atoms with Gasteiger partial charge in [-0.15, -0.1) is 11.3 Å². The molecule has 0 atom stereocenters. The van der Waals surface area contributed by atoms with Gasteiger partial charge in [-0.25, -0.2) is 9.78 Å². The average molecular weight is 315 g/mol. The second kappa shape index (κ2) is 6.92. The molecule has 0 spiro atoms. The van der Waals surface area contributed by atoms with Gasteiger partial charge in [0.1, 0.15) is 0 Å². The quantitative estimate of drug-likeness (QED) is 0.891. The largest absolute Gasteiger partial charge is 0.338 e. The Morgan fingerprint density at radius 2 is 2.14 bits per heavy atom. The fourth-order valence-corrected chi connectivity index (χ4v) is 3.45. The van der Waals surface area contributed by atoms with Crippen LogP contribution in [0, 0.1) is 6.92 Å². The van der Waals surface area contributed by atoms with E-state index in [1.54, 1.807) is 11.3 Å². The molecule has 116 valence electrons. The van der Waals surface area contributed by atoms with Gasteiger partial charge in [0, 0.05) is 24.9 Å². The van der Waals surface area contributed by atoms with Crippen molar-refractivity contribution in [2.75, 3.05) is 6.54 Å². The van der Waals surface area contributed by atoms with Crippen LogP contribution < -0.4 is 10.6 Å². The predicted molar refractivity (Wildman–Crippen MR) is 89.3 cm³/mol. The molecule has 1 aliphatic rings. The zero-order chi connectivity index (χ0) is 15.4. The van der Waals surface area contributed by atoms with Gasteiger partial charge in [-0.2, -0.15) is 0 Å². The van der Waals surface area contributed by atoms with E-state index < -0.39 is 0 Å². The SMILES string of the molecule is Cc1nc(CCNC(=O)NCc2ccc3c(c2)CCC3)cs1. The lowest BCUT2D eigenvalue weighted by Crippen LogP contribution is -2.36. The van der Waals surface area contributed by atoms with Gasteiger partial charge in [0.15, 0.2) is 0 Å². The number of rotatable bonds is 5. The Morgan fingerprint density at radius 1 is 1.27 bits per heavy atom. The third-order valence-electron chi connectivity index (χ3n) is 3.95. The van der Waals surface area contributed by atoms with Crippen LogP contribution >= 0.6 is 11.3 Å². The molecule has 0 bridgehead atoms. The second-order valence-electron chi connectivity index (χ2n) is 5.67. The number of carbonyl (C=O) groups excluding carboxylic acids is 1. The summed E-state index contributed by atoms with van der Waals surface area (Å²) in [5.41, 5.74) is 5.12. The summed E-state index contributed by atoms with van der Waals surface area (Å²) in [5, 5.41) is 8.90. The molecule has 0 saturated carbocycles. The van der Waals surface area contributed by atoms with Crippen LogP contribution in [0.1, 0.15) is 33.8 Å². The minimum Gasteiger partial charge on any atom is -0.338 e. The van der Waals surface area contributed by atoms with Gasteiger partial charge in [0.05, 0.1) is 10.7 Å². The number of aryl methyl sites for hydroxylation is 3. The van der Waals surface area contributed by atoms with E-state index in [2.05, 4.69) is 33.8 Å². The van der Waals surface area contributed by atoms with Gasteiger partial charge in [-0.05, 0) is 42.9 Å². The van der Waals surface area contributed by atoms with Crippen molar-refractivity contribution < 1.29 is 4.79 Å². The lowest BCUT2D eigenvalue weighted by molar-refractivity contribution is 0.240. The van der Waals surface area contributed by atoms with Crippen LogP contribution in [0.2, 0.25) is 0 Å². The predicted octanol–water partition coefficient (Wildman–Crippen LogP) is 2.98. The molecule has 3 rings (SSSR count). The van der Waals surface area contributed by atoms with Gasteiger partial charge < -0.3 is 10.6 Å². The van der Waals surface area contributed by atoms with Crippen LogP contribution in [-0.4, -0.2) is 17.6 Å². The number of nitrogens with one attached hydrogen (secondary N) is 2. The number of nitrogens with zero attached hydrogens (tertiary/aromatic N) is 1. The zero-order valence-electron chi connectivity index (χ0n) is 12.8. The summed E-state index contributed by atoms with van der Waals surface area (Å²) in [6.45, 7) is 3.18. The number of urea groups is 1. The average Bonchev–Trinajstić information content (AvgIpc) is 3.13. The first-order chi connectivity index (χ1) is 10.7. The Labute approximate surface area is 135 Å². The highest BCUT2D eigenvalue weighted by Gasteiger charge is 2.11. The number of carbonyl (C=O) groups is 1. The molecule has 0 unspecified atom stereocenters. The van der Waals surface area contributed by atoms with Crippen LogP contribution in [0.4, 0.5) is 4.79 Å². The normalized spacial score (nSPS) is 13.0. The van der Waals surface area contributed by atoms with E-state index in [0.29, 0.717) is 13.1 Å². The van der Waals surface area contributed by atoms with Crippen LogP contribution in [0.5, 0.6) is 0 Å². The molecule has 4 nitrogen and oxygen atoms in total. The Bertz CT molecular complexity index is 666. The third-order valence-corrected chi connectivity index (χ3v) is 4.77. The molecule has 0 fully saturated rings. The van der Waals surface area contributed by atoms with Gasteiger partial charge >= 0.3 is 6.03 Å². The van der Waals surface area contributed by atoms with Crippen LogP contribution in [-0.2, 0) is 25.8 Å². The molecule has 0 saturated heterocycles. The second-order valence-corrected chi connectivity index (χ2v) is 6.74. The van der Waals surface area contributed by atoms with E-state index >= 15 is 0 Å². The molecule has 0 aliphatic heterocycles. The highest BCUT2D eigenvalue weighted by atomic mass is 32.1. The first kappa shape index (κ1) is 15.0. The van der Waals surface area contributed by atoms with E-state index in [1.165, 1.54) is 36.0 Å². The molecule has 1 heterocycles. The monoisotopic (exact) mass is 315 g/mol. The summed E-state index contributed by atoms with van der Waals surface area (Å²) in [4.78, 5) is 16.2. The molecule has 2 N–H and O–H groups in total. The fraction of sp³-hybridized carbons (Fsp3) is 0.412. The lowest BCUT2D eigenvalue weighted by Gasteiger charge is -2.08. The summed E-state index contributed by atoms with van der Waals surface area (Å²) < 4.78 is 0. The van der Waals surface area contributed by atoms with Crippen molar-refractivity contribution >= 4 is 17.4 Å². The topological polar surface area (TPSA) is 54.0 Å². The van der Waals surface area contributed by atoms with Crippen molar-refractivity contribution in [2.24, 2.45) is 0 Å². The Hall–Kier alpha value is -1.88. The van der Waals surface area contributed by atoms with E-state index in [-0.39, 0.29) is 6.03 Å². The van der Waals surface area contributed by atoms with Gasteiger partial charge in [0.25, 0.3) is 0 Å². The number of hydrogen-bond acceptors (Lipinski definition) is 3. The van der Waals surface area contributed by atoms with Crippen molar-refractivity contribution in [1.29, 1.82) is 0 Å². The molecule has 5 heteroatoms. The summed E-state index contributed by atoms with van der Waals surface area (Å²) in [7, 11) is 0. The maximum Gasteiger partial charge on any atom is 0.315 e. The van der Waals surface area contributed by atoms with E-state index in [1.807, 2.05) is 12.3 Å². The van der Waals surface area contributed by atoms with Gasteiger partial charge in [-0.3, -0.25) is 0 Å². The maximum absolute atomic E-state index is 11.8. The highest BCUT2D eigenvalue weighted by Crippen LogP contribution is 2.22. The van der Waals surface area contributed by atoms with Crippen molar-refractivity contribution in [3.8, 4) is 0 Å². The molecule has 1 aliphatic carbocycles. The first-order valence-corrected chi connectivity index (χ1v) is 8.62. The highest BCUT2D eigenvalue weighted by molar-refractivity contribution is 7.09. The number of aromatic nitrogens is 1. The molecule has 2 amide bonds. The number of thiazole rings is 1. The molecule has 22 heavy (non-hydrogen) atoms. The first-order valence-electron chi connectivity index (χ1n) is 7.74. The standard InChI is InChI=1S/C17H21N3OS/c1-12-20-16(11-22-12)7-8-18-17(21)19-10-13-5-6-14-3-2-4-15(14)9-13/h5-6,9,11H,2-4,7-8,10H2,1H3,(H2,18,19,21). The number of benzene rings is 1. The molecule has 2 aromatic rings. The molecular weight excluding hydrogens is 294 g/mol. The minimum atomic E-state index is -0.118. The molecular formula is C17H21N3OS. The fourth-order valence-electron chi connectivity index (χ4n) is 2.81. The van der Waals surface area contributed by atoms with Crippen LogP contribution in [0.3, 0.4) is 0 Å². The Balaban J connectivity index is 1.40. The third kappa shape index (κ3) is 3.85. The molecule has 0 radical (unpaired) electrons. The van der Waals surface area contributed by atoms with Crippen molar-refractivity contribution in [3.63, 3.8) is 0 Å². The molecule has 1 aromatic heterocycles. The summed E-state index contributed by atoms with van der Waals surface area (Å²) in [5.74, 6) is 0. The number of fused-ring (bicyclic) bond motifs is 1. The van der Waals surface area contributed by atoms with Crippen LogP contribution in [0.15, 0.2) is 23.6 Å². The summed E-state index contributed by atoms with van der Waals surface area (Å²) in [6, 6.07) is 6.41. The van der Waals surface area contributed by atoms with E-state index in [9.17, 15) is 4.79 Å². The lowest BCUT2D eigenvalue weighted by atomic mass is 10.1. The Kier molecular flexibility index (Phi) is 4.73. The summed E-state index contributed by atoms with van der Waals surface area (Å²) in [6.07, 6.45) is 4.39. The minimum absolute atomic E-state index is 0.118. The van der Waals surface area contributed by atoms with Crippen molar-refractivity contribution in [3.05, 3.63) is 51.0 Å². The van der Waals surface area contributed by atoms with Crippen molar-refractivity contribution in [2.45, 2.75) is 39.2 Å². The maximum atomic E-state index is 11.8. The number of hydrogen-bond donors (Lipinski definition) is 2. The van der Waals surface area contributed by atoms with Crippen molar-refractivity contribution in [1.82, 2.24) is 15.6 Å². The van der Waals surface area contributed by atoms with Gasteiger partial charge in [0.2, 0.25) is 0 Å². The smallest absolute Gasteiger partial charge is 0.315 e. The van der Waals surface area contributed by atoms with E-state index in [4.69, 9.17) is 0 Å².